The second-order valence-electron chi connectivity index (χ2n) is 7.87. The van der Waals surface area contributed by atoms with Gasteiger partial charge in [-0.15, -0.1) is 0 Å². The van der Waals surface area contributed by atoms with Gasteiger partial charge in [-0.1, -0.05) is 31.2 Å². The Bertz CT molecular complexity index is 1140. The number of carboxylic acid groups (broad SMARTS) is 1. The minimum Gasteiger partial charge on any atom is -0.549 e. The highest BCUT2D eigenvalue weighted by atomic mass is 19.4. The highest BCUT2D eigenvalue weighted by molar-refractivity contribution is 5.77. The molecule has 0 saturated heterocycles. The van der Waals surface area contributed by atoms with Gasteiger partial charge in [0.1, 0.15) is 11.6 Å². The summed E-state index contributed by atoms with van der Waals surface area (Å²) in [4.78, 5) is 12.2. The number of allylic oxidation sites excluding steroid dienone is 2. The lowest BCUT2D eigenvalue weighted by Crippen LogP contribution is -2.58. The first-order valence-corrected chi connectivity index (χ1v) is 9.62. The number of alkyl halides is 3. The van der Waals surface area contributed by atoms with Gasteiger partial charge in [-0.2, -0.15) is 18.4 Å². The minimum atomic E-state index is -5.01. The van der Waals surface area contributed by atoms with E-state index >= 15 is 0 Å². The third-order valence-corrected chi connectivity index (χ3v) is 6.02. The maximum absolute atomic E-state index is 14.2. The zero-order valence-electron chi connectivity index (χ0n) is 17.1. The van der Waals surface area contributed by atoms with E-state index in [0.717, 1.165) is 12.1 Å². The molecule has 0 amide bonds. The Morgan fingerprint density at radius 2 is 1.88 bits per heavy atom. The number of carboxylic acids is 1. The molecule has 32 heavy (non-hydrogen) atoms. The Morgan fingerprint density at radius 3 is 2.44 bits per heavy atom. The number of aliphatic carboxylic acids is 1. The molecule has 0 aliphatic carbocycles. The average molecular weight is 449 g/mol. The Balaban J connectivity index is 2.32. The number of carbonyl (C=O) groups excluding carboxylic acids is 1. The number of carbonyl (C=O) groups is 1. The van der Waals surface area contributed by atoms with Crippen molar-refractivity contribution >= 4 is 5.97 Å². The third kappa shape index (κ3) is 3.93. The molecule has 1 aliphatic rings. The second-order valence-corrected chi connectivity index (χ2v) is 7.87. The molecular weight excluding hydrogens is 431 g/mol. The molecule has 9 heteroatoms. The number of rotatable bonds is 4. The maximum Gasteiger partial charge on any atom is 0.416 e. The SMILES string of the molecule is CC1NC(Cc2ccccc2F)=C(C#N)C(c2ccc(F)cc2C(F)(F)F)C1(C)C(=O)[O-]. The van der Waals surface area contributed by atoms with Gasteiger partial charge >= 0.3 is 6.18 Å². The molecule has 3 atom stereocenters. The van der Waals surface area contributed by atoms with Gasteiger partial charge < -0.3 is 15.2 Å². The van der Waals surface area contributed by atoms with E-state index in [1.807, 2.05) is 6.07 Å². The molecule has 1 aliphatic heterocycles. The second kappa shape index (κ2) is 8.26. The van der Waals surface area contributed by atoms with Crippen LogP contribution in [0.25, 0.3) is 0 Å². The molecule has 1 heterocycles. The molecule has 168 valence electrons. The van der Waals surface area contributed by atoms with E-state index in [9.17, 15) is 37.1 Å². The van der Waals surface area contributed by atoms with E-state index < -0.39 is 52.3 Å². The van der Waals surface area contributed by atoms with Crippen molar-refractivity contribution in [2.24, 2.45) is 5.41 Å². The average Bonchev–Trinajstić information content (AvgIpc) is 2.71. The molecule has 0 spiro atoms. The standard InChI is InChI=1S/C23H19F5N2O2/c1-12-22(2,21(31)32)20(15-8-7-14(24)10-17(15)23(26,27)28)16(11-29)19(30-12)9-13-5-3-4-6-18(13)25/h3-8,10,12,20,30H,9H2,1-2H3,(H,31,32)/p-1. The predicted molar refractivity (Wildman–Crippen MR) is 103 cm³/mol. The van der Waals surface area contributed by atoms with Gasteiger partial charge in [-0.25, -0.2) is 8.78 Å². The monoisotopic (exact) mass is 449 g/mol. The topological polar surface area (TPSA) is 76.0 Å². The third-order valence-electron chi connectivity index (χ3n) is 6.02. The maximum atomic E-state index is 14.2. The van der Waals surface area contributed by atoms with Crippen LogP contribution in [0, 0.1) is 28.4 Å². The van der Waals surface area contributed by atoms with Crippen LogP contribution >= 0.6 is 0 Å². The largest absolute Gasteiger partial charge is 0.549 e. The van der Waals surface area contributed by atoms with Gasteiger partial charge in [0.25, 0.3) is 0 Å². The lowest BCUT2D eigenvalue weighted by Gasteiger charge is -2.48. The zero-order chi connectivity index (χ0) is 23.8. The molecule has 3 unspecified atom stereocenters. The van der Waals surface area contributed by atoms with Crippen LogP contribution in [0.4, 0.5) is 22.0 Å². The summed E-state index contributed by atoms with van der Waals surface area (Å²) in [6.07, 6.45) is -5.19. The normalized spacial score (nSPS) is 23.4. The Hall–Kier alpha value is -3.41. The fourth-order valence-electron chi connectivity index (χ4n) is 4.12. The van der Waals surface area contributed by atoms with Crippen molar-refractivity contribution in [2.75, 3.05) is 0 Å². The van der Waals surface area contributed by atoms with Crippen molar-refractivity contribution < 1.29 is 31.9 Å². The van der Waals surface area contributed by atoms with E-state index in [4.69, 9.17) is 0 Å². The van der Waals surface area contributed by atoms with E-state index in [1.54, 1.807) is 6.07 Å². The molecule has 1 N–H and O–H groups in total. The van der Waals surface area contributed by atoms with E-state index in [1.165, 1.54) is 32.0 Å². The summed E-state index contributed by atoms with van der Waals surface area (Å²) in [5.74, 6) is -5.05. The van der Waals surface area contributed by atoms with Gasteiger partial charge in [0.05, 0.1) is 23.2 Å². The summed E-state index contributed by atoms with van der Waals surface area (Å²) in [6.45, 7) is 2.60. The van der Waals surface area contributed by atoms with Crippen LogP contribution < -0.4 is 10.4 Å². The molecule has 0 bridgehead atoms. The molecule has 0 radical (unpaired) electrons. The van der Waals surface area contributed by atoms with Gasteiger partial charge in [-0.05, 0) is 36.2 Å². The predicted octanol–water partition coefficient (Wildman–Crippen LogP) is 3.84. The summed E-state index contributed by atoms with van der Waals surface area (Å²) in [5.41, 5.74) is -4.01. The van der Waals surface area contributed by atoms with Crippen molar-refractivity contribution in [3.05, 3.63) is 82.1 Å². The highest BCUT2D eigenvalue weighted by Crippen LogP contribution is 2.50. The Kier molecular flexibility index (Phi) is 6.00. The summed E-state index contributed by atoms with van der Waals surface area (Å²) < 4.78 is 69.2. The van der Waals surface area contributed by atoms with E-state index in [2.05, 4.69) is 5.32 Å². The fourth-order valence-corrected chi connectivity index (χ4v) is 4.12. The van der Waals surface area contributed by atoms with Crippen LogP contribution in [0.15, 0.2) is 53.7 Å². The van der Waals surface area contributed by atoms with Crippen LogP contribution in [0.2, 0.25) is 0 Å². The number of hydrogen-bond acceptors (Lipinski definition) is 4. The van der Waals surface area contributed by atoms with Gasteiger partial charge in [0.15, 0.2) is 0 Å². The van der Waals surface area contributed by atoms with Gasteiger partial charge in [-0.3, -0.25) is 0 Å². The summed E-state index contributed by atoms with van der Waals surface area (Å²) in [6, 6.07) is 8.34. The van der Waals surface area contributed by atoms with Crippen LogP contribution in [0.5, 0.6) is 0 Å². The number of benzene rings is 2. The van der Waals surface area contributed by atoms with Crippen molar-refractivity contribution in [1.82, 2.24) is 5.32 Å². The van der Waals surface area contributed by atoms with Crippen molar-refractivity contribution in [1.29, 1.82) is 5.26 Å². The lowest BCUT2D eigenvalue weighted by molar-refractivity contribution is -0.320. The lowest BCUT2D eigenvalue weighted by atomic mass is 9.62. The molecule has 3 rings (SSSR count). The van der Waals surface area contributed by atoms with Crippen molar-refractivity contribution in [2.45, 2.75) is 38.4 Å². The first-order chi connectivity index (χ1) is 14.9. The molecule has 2 aromatic rings. The fraction of sp³-hybridized carbons (Fsp3) is 0.304. The van der Waals surface area contributed by atoms with Crippen molar-refractivity contribution in [3.8, 4) is 6.07 Å². The Morgan fingerprint density at radius 1 is 1.22 bits per heavy atom. The summed E-state index contributed by atoms with van der Waals surface area (Å²) in [5, 5.41) is 24.9. The van der Waals surface area contributed by atoms with Crippen LogP contribution in [0.3, 0.4) is 0 Å². The number of halogens is 5. The smallest absolute Gasteiger partial charge is 0.416 e. The molecule has 4 nitrogen and oxygen atoms in total. The summed E-state index contributed by atoms with van der Waals surface area (Å²) in [7, 11) is 0. The highest BCUT2D eigenvalue weighted by Gasteiger charge is 2.50. The number of nitrogens with one attached hydrogen (secondary N) is 1. The molecule has 0 aromatic heterocycles. The van der Waals surface area contributed by atoms with Crippen molar-refractivity contribution in [3.63, 3.8) is 0 Å². The van der Waals surface area contributed by atoms with Crippen LogP contribution in [-0.2, 0) is 17.4 Å². The van der Waals surface area contributed by atoms with Crippen LogP contribution in [0.1, 0.15) is 36.5 Å². The van der Waals surface area contributed by atoms with E-state index in [-0.39, 0.29) is 29.3 Å². The number of hydrogen-bond donors (Lipinski definition) is 1. The first kappa shape index (κ1) is 23.3. The zero-order valence-corrected chi connectivity index (χ0v) is 17.1. The quantitative estimate of drug-likeness (QED) is 0.720. The number of nitriles is 1. The molecular formula is C23H18F5N2O2-. The molecule has 0 fully saturated rings. The first-order valence-electron chi connectivity index (χ1n) is 9.62. The van der Waals surface area contributed by atoms with E-state index in [0.29, 0.717) is 0 Å². The molecule has 0 saturated carbocycles. The Labute approximate surface area is 181 Å². The van der Waals surface area contributed by atoms with Gasteiger partial charge in [0.2, 0.25) is 0 Å². The van der Waals surface area contributed by atoms with Gasteiger partial charge in [0, 0.05) is 29.5 Å². The van der Waals surface area contributed by atoms with Crippen LogP contribution in [-0.4, -0.2) is 12.0 Å². The summed E-state index contributed by atoms with van der Waals surface area (Å²) >= 11 is 0. The molecule has 2 aromatic carbocycles. The number of nitrogens with zero attached hydrogens (tertiary/aromatic N) is 1. The minimum absolute atomic E-state index is 0.0891.